The first-order valence-corrected chi connectivity index (χ1v) is 11.2. The zero-order valence-corrected chi connectivity index (χ0v) is 18.1. The monoisotopic (exact) mass is 353 g/mol. The fraction of sp³-hybridized carbons (Fsp3) is 0.957. The van der Waals surface area contributed by atoms with Crippen LogP contribution in [0.25, 0.3) is 0 Å². The summed E-state index contributed by atoms with van der Waals surface area (Å²) in [6.07, 6.45) is 18.5. The van der Waals surface area contributed by atoms with Gasteiger partial charge < -0.3 is 4.90 Å². The van der Waals surface area contributed by atoms with Crippen LogP contribution in [-0.4, -0.2) is 30.3 Å². The number of nitrogens with zero attached hydrogens (tertiary/aromatic N) is 1. The molecule has 0 saturated carbocycles. The van der Waals surface area contributed by atoms with E-state index in [2.05, 4.69) is 32.7 Å². The Bertz CT molecular complexity index is 302. The molecule has 0 radical (unpaired) electrons. The molecule has 0 aromatic rings. The highest BCUT2D eigenvalue weighted by molar-refractivity contribution is 5.78. The van der Waals surface area contributed by atoms with Crippen molar-refractivity contribution in [1.29, 1.82) is 0 Å². The molecule has 0 N–H and O–H groups in total. The minimum absolute atomic E-state index is 0.297. The van der Waals surface area contributed by atoms with Crippen LogP contribution in [0.3, 0.4) is 0 Å². The molecule has 0 saturated heterocycles. The fourth-order valence-corrected chi connectivity index (χ4v) is 3.58. The van der Waals surface area contributed by atoms with Crippen molar-refractivity contribution in [2.45, 2.75) is 124 Å². The lowest BCUT2D eigenvalue weighted by Crippen LogP contribution is -2.29. The number of carbonyl (C=O) groups is 1. The Morgan fingerprint density at radius 2 is 1.24 bits per heavy atom. The van der Waals surface area contributed by atoms with Crippen molar-refractivity contribution in [3.63, 3.8) is 0 Å². The van der Waals surface area contributed by atoms with Crippen LogP contribution in [0.1, 0.15) is 118 Å². The molecule has 2 heteroatoms. The van der Waals surface area contributed by atoms with E-state index in [9.17, 15) is 4.79 Å². The van der Waals surface area contributed by atoms with E-state index in [1.165, 1.54) is 70.6 Å². The van der Waals surface area contributed by atoms with Crippen LogP contribution in [0.4, 0.5) is 0 Å². The summed E-state index contributed by atoms with van der Waals surface area (Å²) in [6.45, 7) is 9.63. The molecule has 2 nitrogen and oxygen atoms in total. The zero-order valence-electron chi connectivity index (χ0n) is 18.1. The molecule has 0 aromatic heterocycles. The predicted molar refractivity (Wildman–Crippen MR) is 112 cm³/mol. The molecule has 0 rings (SSSR count). The van der Waals surface area contributed by atoms with Crippen molar-refractivity contribution in [1.82, 2.24) is 4.90 Å². The smallest absolute Gasteiger partial charge is 0.132 e. The van der Waals surface area contributed by atoms with E-state index in [1.807, 2.05) is 0 Å². The van der Waals surface area contributed by atoms with Gasteiger partial charge in [0.05, 0.1) is 0 Å². The molecule has 2 atom stereocenters. The van der Waals surface area contributed by atoms with Crippen molar-refractivity contribution in [2.24, 2.45) is 5.92 Å². The summed E-state index contributed by atoms with van der Waals surface area (Å²) in [4.78, 5) is 14.3. The maximum atomic E-state index is 11.9. The molecule has 0 bridgehead atoms. The van der Waals surface area contributed by atoms with E-state index < -0.39 is 0 Å². The fourth-order valence-electron chi connectivity index (χ4n) is 3.58. The minimum atomic E-state index is 0.297. The third-order valence-corrected chi connectivity index (χ3v) is 5.92. The summed E-state index contributed by atoms with van der Waals surface area (Å²) in [6, 6.07) is 0.587. The Morgan fingerprint density at radius 3 is 1.68 bits per heavy atom. The number of Topliss-reactive ketones (excluding diaryl/α,β-unsaturated/α-hetero) is 1. The molecule has 0 spiro atoms. The highest BCUT2D eigenvalue weighted by atomic mass is 16.1. The quantitative estimate of drug-likeness (QED) is 0.247. The second-order valence-corrected chi connectivity index (χ2v) is 8.13. The van der Waals surface area contributed by atoms with Gasteiger partial charge in [-0.2, -0.15) is 0 Å². The van der Waals surface area contributed by atoms with Crippen LogP contribution < -0.4 is 0 Å². The largest absolute Gasteiger partial charge is 0.304 e. The zero-order chi connectivity index (χ0) is 18.9. The second-order valence-electron chi connectivity index (χ2n) is 8.13. The SMILES string of the molecule is CCCCCCCCCCCCCC(CCC(C)N(C)CC)C(C)=O. The van der Waals surface area contributed by atoms with Gasteiger partial charge in [-0.05, 0) is 46.7 Å². The van der Waals surface area contributed by atoms with Crippen LogP contribution in [0.5, 0.6) is 0 Å². The lowest BCUT2D eigenvalue weighted by Gasteiger charge is -2.24. The Balaban J connectivity index is 3.62. The van der Waals surface area contributed by atoms with Gasteiger partial charge in [0.25, 0.3) is 0 Å². The third-order valence-electron chi connectivity index (χ3n) is 5.92. The Kier molecular flexibility index (Phi) is 16.8. The molecule has 0 aliphatic carbocycles. The molecule has 0 aliphatic heterocycles. The Morgan fingerprint density at radius 1 is 0.760 bits per heavy atom. The molecule has 0 aliphatic rings. The van der Waals surface area contributed by atoms with Crippen LogP contribution >= 0.6 is 0 Å². The van der Waals surface area contributed by atoms with E-state index in [4.69, 9.17) is 0 Å². The normalized spacial score (nSPS) is 14.0. The average molecular weight is 354 g/mol. The summed E-state index contributed by atoms with van der Waals surface area (Å²) in [7, 11) is 2.18. The first-order chi connectivity index (χ1) is 12.0. The second kappa shape index (κ2) is 17.1. The van der Waals surface area contributed by atoms with Crippen LogP contribution in [0, 0.1) is 5.92 Å². The summed E-state index contributed by atoms with van der Waals surface area (Å²) in [5.74, 6) is 0.699. The van der Waals surface area contributed by atoms with Gasteiger partial charge in [0.15, 0.2) is 0 Å². The van der Waals surface area contributed by atoms with Crippen molar-refractivity contribution < 1.29 is 4.79 Å². The first-order valence-electron chi connectivity index (χ1n) is 11.2. The van der Waals surface area contributed by atoms with Gasteiger partial charge in [-0.25, -0.2) is 0 Å². The highest BCUT2D eigenvalue weighted by Crippen LogP contribution is 2.20. The molecule has 0 fully saturated rings. The van der Waals surface area contributed by atoms with Crippen molar-refractivity contribution in [3.8, 4) is 0 Å². The molecule has 25 heavy (non-hydrogen) atoms. The van der Waals surface area contributed by atoms with Crippen LogP contribution in [0.15, 0.2) is 0 Å². The van der Waals surface area contributed by atoms with Gasteiger partial charge in [0, 0.05) is 12.0 Å². The molecule has 150 valence electrons. The van der Waals surface area contributed by atoms with Gasteiger partial charge >= 0.3 is 0 Å². The topological polar surface area (TPSA) is 20.3 Å². The van der Waals surface area contributed by atoms with E-state index in [-0.39, 0.29) is 0 Å². The van der Waals surface area contributed by atoms with Gasteiger partial charge in [-0.3, -0.25) is 4.79 Å². The van der Waals surface area contributed by atoms with Crippen molar-refractivity contribution in [2.75, 3.05) is 13.6 Å². The lowest BCUT2D eigenvalue weighted by molar-refractivity contribution is -0.121. The number of hydrogen-bond donors (Lipinski definition) is 0. The van der Waals surface area contributed by atoms with Crippen LogP contribution in [0.2, 0.25) is 0 Å². The summed E-state index contributed by atoms with van der Waals surface area (Å²) < 4.78 is 0. The lowest BCUT2D eigenvalue weighted by atomic mass is 9.91. The number of carbonyl (C=O) groups excluding carboxylic acids is 1. The number of unbranched alkanes of at least 4 members (excludes halogenated alkanes) is 10. The van der Waals surface area contributed by atoms with Gasteiger partial charge in [0.1, 0.15) is 5.78 Å². The highest BCUT2D eigenvalue weighted by Gasteiger charge is 2.16. The number of hydrogen-bond acceptors (Lipinski definition) is 2. The first kappa shape index (κ1) is 24.6. The van der Waals surface area contributed by atoms with Crippen molar-refractivity contribution in [3.05, 3.63) is 0 Å². The Hall–Kier alpha value is -0.370. The van der Waals surface area contributed by atoms with E-state index >= 15 is 0 Å². The van der Waals surface area contributed by atoms with Gasteiger partial charge in [0.2, 0.25) is 0 Å². The molecule has 0 amide bonds. The number of ketones is 1. The summed E-state index contributed by atoms with van der Waals surface area (Å²) in [5.41, 5.74) is 0. The van der Waals surface area contributed by atoms with Crippen molar-refractivity contribution >= 4 is 5.78 Å². The van der Waals surface area contributed by atoms with Gasteiger partial charge in [-0.15, -0.1) is 0 Å². The molecule has 2 unspecified atom stereocenters. The summed E-state index contributed by atoms with van der Waals surface area (Å²) in [5, 5.41) is 0. The minimum Gasteiger partial charge on any atom is -0.304 e. The Labute approximate surface area is 159 Å². The molecule has 0 aromatic carbocycles. The van der Waals surface area contributed by atoms with E-state index in [0.29, 0.717) is 17.7 Å². The third kappa shape index (κ3) is 14.5. The molecular formula is C23H47NO. The summed E-state index contributed by atoms with van der Waals surface area (Å²) >= 11 is 0. The molecule has 0 heterocycles. The predicted octanol–water partition coefficient (Wildman–Crippen LogP) is 7.01. The van der Waals surface area contributed by atoms with Gasteiger partial charge in [-0.1, -0.05) is 84.5 Å². The van der Waals surface area contributed by atoms with Crippen LogP contribution in [-0.2, 0) is 4.79 Å². The number of rotatable bonds is 18. The average Bonchev–Trinajstić information content (AvgIpc) is 2.60. The maximum absolute atomic E-state index is 11.9. The maximum Gasteiger partial charge on any atom is 0.132 e. The van der Waals surface area contributed by atoms with E-state index in [0.717, 1.165) is 25.8 Å². The standard InChI is InChI=1S/C23H47NO/c1-6-8-9-10-11-12-13-14-15-16-17-18-23(22(4)25)20-19-21(3)24(5)7-2/h21,23H,6-20H2,1-5H3. The molecular weight excluding hydrogens is 306 g/mol. The van der Waals surface area contributed by atoms with E-state index in [1.54, 1.807) is 6.92 Å².